The first-order valence-corrected chi connectivity index (χ1v) is 8.37. The Morgan fingerprint density at radius 1 is 1.57 bits per heavy atom. The summed E-state index contributed by atoms with van der Waals surface area (Å²) >= 11 is 1.53. The lowest BCUT2D eigenvalue weighted by atomic mass is 9.83. The lowest BCUT2D eigenvalue weighted by Gasteiger charge is -2.38. The predicted octanol–water partition coefficient (Wildman–Crippen LogP) is 2.05. The van der Waals surface area contributed by atoms with E-state index in [0.717, 1.165) is 38.0 Å². The van der Waals surface area contributed by atoms with Crippen molar-refractivity contribution in [2.45, 2.75) is 40.0 Å². The largest absolute Gasteiger partial charge is 0.396 e. The van der Waals surface area contributed by atoms with Gasteiger partial charge in [-0.2, -0.15) is 0 Å². The monoisotopic (exact) mass is 311 g/mol. The van der Waals surface area contributed by atoms with E-state index < -0.39 is 0 Å². The molecule has 0 bridgehead atoms. The van der Waals surface area contributed by atoms with Gasteiger partial charge in [-0.3, -0.25) is 9.69 Å². The molecule has 1 aliphatic rings. The van der Waals surface area contributed by atoms with Gasteiger partial charge in [0.2, 0.25) is 5.91 Å². The number of anilines is 1. The van der Waals surface area contributed by atoms with Gasteiger partial charge in [0.25, 0.3) is 0 Å². The average molecular weight is 311 g/mol. The number of hydrogen-bond acceptors (Lipinski definition) is 5. The lowest BCUT2D eigenvalue weighted by molar-refractivity contribution is -0.118. The second-order valence-electron chi connectivity index (χ2n) is 6.21. The van der Waals surface area contributed by atoms with E-state index in [1.807, 2.05) is 6.92 Å². The molecule has 2 heterocycles. The van der Waals surface area contributed by atoms with Crippen molar-refractivity contribution >= 4 is 22.4 Å². The first kappa shape index (κ1) is 16.4. The Bertz CT molecular complexity index is 503. The molecule has 118 valence electrons. The second kappa shape index (κ2) is 6.85. The number of nitrogens with one attached hydrogen (secondary N) is 1. The van der Waals surface area contributed by atoms with Crippen molar-refractivity contribution in [1.29, 1.82) is 0 Å². The topological polar surface area (TPSA) is 65.5 Å². The van der Waals surface area contributed by atoms with Crippen LogP contribution in [0.15, 0.2) is 0 Å². The van der Waals surface area contributed by atoms with Crippen LogP contribution in [0, 0.1) is 12.3 Å². The van der Waals surface area contributed by atoms with E-state index >= 15 is 0 Å². The number of amides is 1. The Balaban J connectivity index is 1.89. The predicted molar refractivity (Wildman–Crippen MR) is 85.7 cm³/mol. The SMILES string of the molecule is CCc1nc(NC(=O)CN2CCCC(C)(CO)C2)sc1C. The standard InChI is InChI=1S/C15H25N3O2S/c1-4-12-11(2)21-14(16-12)17-13(20)8-18-7-5-6-15(3,9-18)10-19/h19H,4-10H2,1-3H3,(H,16,17,20). The normalized spacial score (nSPS) is 23.2. The van der Waals surface area contributed by atoms with E-state index in [2.05, 4.69) is 29.0 Å². The summed E-state index contributed by atoms with van der Waals surface area (Å²) in [5.41, 5.74) is 0.979. The fourth-order valence-corrected chi connectivity index (χ4v) is 3.78. The van der Waals surface area contributed by atoms with Crippen LogP contribution < -0.4 is 5.32 Å². The van der Waals surface area contributed by atoms with Crippen molar-refractivity contribution in [2.75, 3.05) is 31.6 Å². The summed E-state index contributed by atoms with van der Waals surface area (Å²) in [7, 11) is 0. The number of hydrogen-bond donors (Lipinski definition) is 2. The molecule has 0 saturated carbocycles. The Kier molecular flexibility index (Phi) is 5.35. The van der Waals surface area contributed by atoms with Crippen LogP contribution in [0.2, 0.25) is 0 Å². The molecule has 1 unspecified atom stereocenters. The van der Waals surface area contributed by atoms with Crippen LogP contribution in [-0.2, 0) is 11.2 Å². The third-order valence-corrected chi connectivity index (χ3v) is 5.01. The van der Waals surface area contributed by atoms with Crippen LogP contribution in [0.25, 0.3) is 0 Å². The highest BCUT2D eigenvalue weighted by Gasteiger charge is 2.31. The summed E-state index contributed by atoms with van der Waals surface area (Å²) in [4.78, 5) is 19.9. The molecule has 6 heteroatoms. The van der Waals surface area contributed by atoms with Gasteiger partial charge < -0.3 is 10.4 Å². The third-order valence-electron chi connectivity index (χ3n) is 4.08. The molecule has 0 aliphatic carbocycles. The summed E-state index contributed by atoms with van der Waals surface area (Å²) in [5.74, 6) is -0.0198. The van der Waals surface area contributed by atoms with E-state index in [4.69, 9.17) is 0 Å². The summed E-state index contributed by atoms with van der Waals surface area (Å²) in [6.07, 6.45) is 2.94. The summed E-state index contributed by atoms with van der Waals surface area (Å²) < 4.78 is 0. The second-order valence-corrected chi connectivity index (χ2v) is 7.41. The fraction of sp³-hybridized carbons (Fsp3) is 0.733. The summed E-state index contributed by atoms with van der Waals surface area (Å²) in [6.45, 7) is 8.41. The molecule has 1 aromatic rings. The third kappa shape index (κ3) is 4.25. The quantitative estimate of drug-likeness (QED) is 0.873. The van der Waals surface area contributed by atoms with E-state index in [0.29, 0.717) is 11.7 Å². The minimum absolute atomic E-state index is 0.0198. The van der Waals surface area contributed by atoms with Gasteiger partial charge in [-0.05, 0) is 32.7 Å². The molecular formula is C15H25N3O2S. The number of nitrogens with zero attached hydrogens (tertiary/aromatic N) is 2. The molecule has 21 heavy (non-hydrogen) atoms. The molecule has 1 atom stereocenters. The maximum absolute atomic E-state index is 12.1. The molecular weight excluding hydrogens is 286 g/mol. The van der Waals surface area contributed by atoms with Gasteiger partial charge >= 0.3 is 0 Å². The van der Waals surface area contributed by atoms with Gasteiger partial charge in [0.15, 0.2) is 5.13 Å². The number of aliphatic hydroxyl groups is 1. The zero-order valence-corrected chi connectivity index (χ0v) is 13.9. The van der Waals surface area contributed by atoms with Crippen molar-refractivity contribution in [2.24, 2.45) is 5.41 Å². The van der Waals surface area contributed by atoms with Crippen LogP contribution in [-0.4, -0.2) is 47.1 Å². The molecule has 2 rings (SSSR count). The Hall–Kier alpha value is -0.980. The Morgan fingerprint density at radius 3 is 2.95 bits per heavy atom. The zero-order valence-electron chi connectivity index (χ0n) is 13.1. The van der Waals surface area contributed by atoms with Crippen molar-refractivity contribution < 1.29 is 9.90 Å². The van der Waals surface area contributed by atoms with Gasteiger partial charge in [0.05, 0.1) is 12.2 Å². The fourth-order valence-electron chi connectivity index (χ4n) is 2.86. The number of piperidine rings is 1. The van der Waals surface area contributed by atoms with Crippen molar-refractivity contribution in [3.8, 4) is 0 Å². The van der Waals surface area contributed by atoms with Crippen molar-refractivity contribution in [3.05, 3.63) is 10.6 Å². The van der Waals surface area contributed by atoms with E-state index in [1.165, 1.54) is 16.2 Å². The summed E-state index contributed by atoms with van der Waals surface area (Å²) in [5, 5.41) is 13.0. The molecule has 0 radical (unpaired) electrons. The molecule has 1 saturated heterocycles. The van der Waals surface area contributed by atoms with Gasteiger partial charge in [0.1, 0.15) is 0 Å². The van der Waals surface area contributed by atoms with Crippen molar-refractivity contribution in [3.63, 3.8) is 0 Å². The molecule has 1 amide bonds. The number of aromatic nitrogens is 1. The highest BCUT2D eigenvalue weighted by atomic mass is 32.1. The average Bonchev–Trinajstić information content (AvgIpc) is 2.78. The lowest BCUT2D eigenvalue weighted by Crippen LogP contribution is -2.46. The highest BCUT2D eigenvalue weighted by Crippen LogP contribution is 2.28. The Labute approximate surface area is 130 Å². The molecule has 2 N–H and O–H groups in total. The van der Waals surface area contributed by atoms with E-state index in [9.17, 15) is 9.90 Å². The van der Waals surface area contributed by atoms with Gasteiger partial charge in [-0.1, -0.05) is 13.8 Å². The number of rotatable bonds is 5. The molecule has 1 fully saturated rings. The number of carbonyl (C=O) groups is 1. The van der Waals surface area contributed by atoms with E-state index in [1.54, 1.807) is 0 Å². The van der Waals surface area contributed by atoms with Crippen LogP contribution in [0.5, 0.6) is 0 Å². The molecule has 1 aromatic heterocycles. The van der Waals surface area contributed by atoms with Gasteiger partial charge in [-0.15, -0.1) is 11.3 Å². The van der Waals surface area contributed by atoms with Crippen LogP contribution in [0.3, 0.4) is 0 Å². The van der Waals surface area contributed by atoms with Crippen molar-refractivity contribution in [1.82, 2.24) is 9.88 Å². The maximum Gasteiger partial charge on any atom is 0.240 e. The first-order chi connectivity index (χ1) is 9.95. The summed E-state index contributed by atoms with van der Waals surface area (Å²) in [6, 6.07) is 0. The highest BCUT2D eigenvalue weighted by molar-refractivity contribution is 7.15. The molecule has 0 spiro atoms. The molecule has 5 nitrogen and oxygen atoms in total. The number of likely N-dealkylation sites (tertiary alicyclic amines) is 1. The van der Waals surface area contributed by atoms with Gasteiger partial charge in [-0.25, -0.2) is 4.98 Å². The van der Waals surface area contributed by atoms with Crippen LogP contribution >= 0.6 is 11.3 Å². The Morgan fingerprint density at radius 2 is 2.33 bits per heavy atom. The van der Waals surface area contributed by atoms with E-state index in [-0.39, 0.29) is 17.9 Å². The number of aliphatic hydroxyl groups excluding tert-OH is 1. The van der Waals surface area contributed by atoms with Crippen LogP contribution in [0.1, 0.15) is 37.3 Å². The van der Waals surface area contributed by atoms with Gasteiger partial charge in [0, 0.05) is 23.4 Å². The number of aryl methyl sites for hydroxylation is 2. The minimum atomic E-state index is -0.0777. The number of thiazole rings is 1. The zero-order chi connectivity index (χ0) is 15.5. The number of carbonyl (C=O) groups excluding carboxylic acids is 1. The molecule has 0 aromatic carbocycles. The van der Waals surface area contributed by atoms with Crippen LogP contribution in [0.4, 0.5) is 5.13 Å². The molecule has 1 aliphatic heterocycles. The first-order valence-electron chi connectivity index (χ1n) is 7.55. The maximum atomic E-state index is 12.1. The smallest absolute Gasteiger partial charge is 0.240 e. The minimum Gasteiger partial charge on any atom is -0.396 e.